The van der Waals surface area contributed by atoms with Crippen LogP contribution < -0.4 is 4.74 Å². The molecule has 0 aliphatic rings. The number of fused-ring (bicyclic) bond motifs is 1. The number of rotatable bonds is 3. The van der Waals surface area contributed by atoms with Crippen molar-refractivity contribution < 1.29 is 9.84 Å². The molecule has 0 bridgehead atoms. The minimum Gasteiger partial charge on any atom is -0.496 e. The molecule has 0 saturated heterocycles. The van der Waals surface area contributed by atoms with Gasteiger partial charge < -0.3 is 14.4 Å². The highest BCUT2D eigenvalue weighted by molar-refractivity contribution is 5.93. The van der Waals surface area contributed by atoms with Gasteiger partial charge in [-0.25, -0.2) is 0 Å². The number of aromatic hydroxyl groups is 1. The van der Waals surface area contributed by atoms with Crippen molar-refractivity contribution in [3.8, 4) is 11.6 Å². The molecule has 0 atom stereocenters. The summed E-state index contributed by atoms with van der Waals surface area (Å²) in [6.07, 6.45) is 1.97. The van der Waals surface area contributed by atoms with Gasteiger partial charge in [0.1, 0.15) is 5.75 Å². The molecule has 2 aromatic carbocycles. The largest absolute Gasteiger partial charge is 0.496 e. The topological polar surface area (TPSA) is 34.4 Å². The first kappa shape index (κ1) is 13.6. The first-order valence-corrected chi connectivity index (χ1v) is 6.98. The third kappa shape index (κ3) is 2.05. The van der Waals surface area contributed by atoms with E-state index in [4.69, 9.17) is 4.74 Å². The summed E-state index contributed by atoms with van der Waals surface area (Å²) >= 11 is 0. The molecule has 0 amide bonds. The lowest BCUT2D eigenvalue weighted by Crippen LogP contribution is -2.26. The van der Waals surface area contributed by atoms with Gasteiger partial charge >= 0.3 is 0 Å². The van der Waals surface area contributed by atoms with Crippen molar-refractivity contribution in [2.75, 3.05) is 7.11 Å². The van der Waals surface area contributed by atoms with Gasteiger partial charge in [0.25, 0.3) is 0 Å². The second-order valence-electron chi connectivity index (χ2n) is 5.67. The van der Waals surface area contributed by atoms with E-state index < -0.39 is 0 Å². The minimum atomic E-state index is -0.352. The predicted octanol–water partition coefficient (Wildman–Crippen LogP) is 4.14. The normalized spacial score (nSPS) is 11.8. The molecule has 0 spiro atoms. The second kappa shape index (κ2) is 4.85. The SMILES string of the molecule is COc1cccc2cn(C(C)(C)c3ccccc3)c(O)c12. The van der Waals surface area contributed by atoms with E-state index in [2.05, 4.69) is 26.0 Å². The van der Waals surface area contributed by atoms with Gasteiger partial charge in [0.15, 0.2) is 0 Å². The van der Waals surface area contributed by atoms with Crippen LogP contribution in [0.25, 0.3) is 10.8 Å². The lowest BCUT2D eigenvalue weighted by atomic mass is 9.94. The third-order valence-corrected chi connectivity index (χ3v) is 4.08. The number of hydrogen-bond acceptors (Lipinski definition) is 2. The predicted molar refractivity (Wildman–Crippen MR) is 85.0 cm³/mol. The van der Waals surface area contributed by atoms with Crippen molar-refractivity contribution in [2.45, 2.75) is 19.4 Å². The van der Waals surface area contributed by atoms with Gasteiger partial charge in [0.05, 0.1) is 18.0 Å². The van der Waals surface area contributed by atoms with E-state index in [9.17, 15) is 5.11 Å². The van der Waals surface area contributed by atoms with Gasteiger partial charge in [0.2, 0.25) is 5.88 Å². The zero-order chi connectivity index (χ0) is 15.0. The summed E-state index contributed by atoms with van der Waals surface area (Å²) in [5.41, 5.74) is 0.787. The highest BCUT2D eigenvalue weighted by Crippen LogP contribution is 2.40. The maximum Gasteiger partial charge on any atom is 0.203 e. The summed E-state index contributed by atoms with van der Waals surface area (Å²) in [6.45, 7) is 4.18. The van der Waals surface area contributed by atoms with E-state index in [0.717, 1.165) is 16.3 Å². The first-order chi connectivity index (χ1) is 10.1. The Balaban J connectivity index is 2.24. The van der Waals surface area contributed by atoms with Crippen LogP contribution in [-0.2, 0) is 5.54 Å². The third-order valence-electron chi connectivity index (χ3n) is 4.08. The molecule has 0 radical (unpaired) electrons. The summed E-state index contributed by atoms with van der Waals surface area (Å²) in [4.78, 5) is 0. The van der Waals surface area contributed by atoms with E-state index in [0.29, 0.717) is 5.75 Å². The summed E-state index contributed by atoms with van der Waals surface area (Å²) in [5.74, 6) is 0.920. The second-order valence-corrected chi connectivity index (χ2v) is 5.67. The van der Waals surface area contributed by atoms with Gasteiger partial charge in [-0.2, -0.15) is 0 Å². The number of ether oxygens (including phenoxy) is 1. The van der Waals surface area contributed by atoms with Crippen LogP contribution in [0.3, 0.4) is 0 Å². The Labute approximate surface area is 124 Å². The van der Waals surface area contributed by atoms with Crippen LogP contribution in [0.4, 0.5) is 0 Å². The molecular formula is C18H19NO2. The Morgan fingerprint density at radius 3 is 2.38 bits per heavy atom. The Hall–Kier alpha value is -2.42. The van der Waals surface area contributed by atoms with Crippen LogP contribution in [-0.4, -0.2) is 16.8 Å². The zero-order valence-electron chi connectivity index (χ0n) is 12.5. The number of hydrogen-bond donors (Lipinski definition) is 1. The van der Waals surface area contributed by atoms with Gasteiger partial charge in [-0.15, -0.1) is 0 Å². The van der Waals surface area contributed by atoms with Gasteiger partial charge in [0, 0.05) is 11.6 Å². The molecule has 3 rings (SSSR count). The van der Waals surface area contributed by atoms with E-state index >= 15 is 0 Å². The Kier molecular flexibility index (Phi) is 3.13. The molecule has 1 aromatic heterocycles. The number of methoxy groups -OCH3 is 1. The minimum absolute atomic E-state index is 0.233. The van der Waals surface area contributed by atoms with E-state index in [1.807, 2.05) is 47.2 Å². The molecule has 3 heteroatoms. The maximum absolute atomic E-state index is 10.7. The van der Waals surface area contributed by atoms with E-state index in [1.165, 1.54) is 0 Å². The fourth-order valence-corrected chi connectivity index (χ4v) is 2.80. The molecule has 0 saturated carbocycles. The van der Waals surface area contributed by atoms with Crippen molar-refractivity contribution in [3.63, 3.8) is 0 Å². The molecule has 108 valence electrons. The lowest BCUT2D eigenvalue weighted by molar-refractivity contribution is 0.348. The highest BCUT2D eigenvalue weighted by Gasteiger charge is 2.27. The summed E-state index contributed by atoms with van der Waals surface area (Å²) < 4.78 is 7.27. The van der Waals surface area contributed by atoms with Gasteiger partial charge in [-0.1, -0.05) is 42.5 Å². The van der Waals surface area contributed by atoms with Crippen molar-refractivity contribution in [1.29, 1.82) is 0 Å². The Morgan fingerprint density at radius 1 is 1.00 bits per heavy atom. The average Bonchev–Trinajstić information content (AvgIpc) is 2.86. The number of nitrogens with zero attached hydrogens (tertiary/aromatic N) is 1. The first-order valence-electron chi connectivity index (χ1n) is 6.98. The highest BCUT2D eigenvalue weighted by atomic mass is 16.5. The monoisotopic (exact) mass is 281 g/mol. The van der Waals surface area contributed by atoms with Crippen LogP contribution in [0.15, 0.2) is 54.7 Å². The molecule has 21 heavy (non-hydrogen) atoms. The van der Waals surface area contributed by atoms with Crippen LogP contribution >= 0.6 is 0 Å². The molecule has 0 aliphatic heterocycles. The average molecular weight is 281 g/mol. The fourth-order valence-electron chi connectivity index (χ4n) is 2.80. The van der Waals surface area contributed by atoms with E-state index in [1.54, 1.807) is 7.11 Å². The van der Waals surface area contributed by atoms with Crippen molar-refractivity contribution in [1.82, 2.24) is 4.57 Å². The molecule has 1 N–H and O–H groups in total. The van der Waals surface area contributed by atoms with Crippen molar-refractivity contribution >= 4 is 10.8 Å². The number of aromatic nitrogens is 1. The Bertz CT molecular complexity index is 773. The van der Waals surface area contributed by atoms with Crippen LogP contribution in [0.2, 0.25) is 0 Å². The Morgan fingerprint density at radius 2 is 1.71 bits per heavy atom. The summed E-state index contributed by atoms with van der Waals surface area (Å²) in [5, 5.41) is 12.4. The molecule has 0 aliphatic carbocycles. The zero-order valence-corrected chi connectivity index (χ0v) is 12.5. The van der Waals surface area contributed by atoms with Gasteiger partial charge in [-0.3, -0.25) is 0 Å². The lowest BCUT2D eigenvalue weighted by Gasteiger charge is -2.28. The molecule has 3 aromatic rings. The summed E-state index contributed by atoms with van der Waals surface area (Å²) in [7, 11) is 1.62. The van der Waals surface area contributed by atoms with E-state index in [-0.39, 0.29) is 11.4 Å². The smallest absolute Gasteiger partial charge is 0.203 e. The molecule has 0 unspecified atom stereocenters. The molecule has 3 nitrogen and oxygen atoms in total. The summed E-state index contributed by atoms with van der Waals surface area (Å²) in [6, 6.07) is 15.9. The number of benzene rings is 2. The molecule has 0 fully saturated rings. The van der Waals surface area contributed by atoms with Crippen molar-refractivity contribution in [3.05, 3.63) is 60.3 Å². The molecular weight excluding hydrogens is 262 g/mol. The fraction of sp³-hybridized carbons (Fsp3) is 0.222. The van der Waals surface area contributed by atoms with Crippen LogP contribution in [0, 0.1) is 0 Å². The quantitative estimate of drug-likeness (QED) is 0.783. The maximum atomic E-state index is 10.7. The standard InChI is InChI=1S/C18H19NO2/c1-18(2,14-9-5-4-6-10-14)19-12-13-8-7-11-15(21-3)16(13)17(19)20/h4-12,20H,1-3H3. The molecule has 1 heterocycles. The van der Waals surface area contributed by atoms with Gasteiger partial charge in [-0.05, 0) is 25.5 Å². The van der Waals surface area contributed by atoms with Crippen molar-refractivity contribution in [2.24, 2.45) is 0 Å². The van der Waals surface area contributed by atoms with Crippen LogP contribution in [0.5, 0.6) is 11.6 Å². The van der Waals surface area contributed by atoms with Crippen LogP contribution in [0.1, 0.15) is 19.4 Å².